The smallest absolute Gasteiger partial charge is 0.258 e. The van der Waals surface area contributed by atoms with Crippen molar-refractivity contribution in [1.82, 2.24) is 20.1 Å². The molecule has 1 aliphatic heterocycles. The Morgan fingerprint density at radius 2 is 2.00 bits per heavy atom. The van der Waals surface area contributed by atoms with Crippen molar-refractivity contribution in [3.63, 3.8) is 0 Å². The summed E-state index contributed by atoms with van der Waals surface area (Å²) in [6.45, 7) is 5.74. The summed E-state index contributed by atoms with van der Waals surface area (Å²) >= 11 is 6.72. The predicted molar refractivity (Wildman–Crippen MR) is 142 cm³/mol. The molecule has 36 heavy (non-hydrogen) atoms. The monoisotopic (exact) mass is 503 g/mol. The lowest BCUT2D eigenvalue weighted by atomic mass is 9.57. The van der Waals surface area contributed by atoms with Crippen molar-refractivity contribution in [3.05, 3.63) is 75.8 Å². The first-order chi connectivity index (χ1) is 17.3. The van der Waals surface area contributed by atoms with Crippen LogP contribution in [0.25, 0.3) is 0 Å². The number of carbonyl (C=O) groups excluding carboxylic acids is 1. The summed E-state index contributed by atoms with van der Waals surface area (Å²) in [6.07, 6.45) is 8.71. The minimum atomic E-state index is -0.161. The van der Waals surface area contributed by atoms with E-state index in [-0.39, 0.29) is 16.9 Å². The fraction of sp³-hybridized carbons (Fsp3) is 0.483. The van der Waals surface area contributed by atoms with Gasteiger partial charge in [0.25, 0.3) is 5.91 Å². The Labute approximate surface area is 218 Å². The second-order valence-electron chi connectivity index (χ2n) is 11.3. The molecule has 7 heteroatoms. The minimum absolute atomic E-state index is 0.0218. The van der Waals surface area contributed by atoms with E-state index in [0.29, 0.717) is 17.5 Å². The Hall–Kier alpha value is -2.70. The van der Waals surface area contributed by atoms with Crippen LogP contribution in [0.1, 0.15) is 85.2 Å². The highest BCUT2D eigenvalue weighted by molar-refractivity contribution is 6.32. The zero-order valence-electron chi connectivity index (χ0n) is 21.4. The number of nitrogens with zero attached hydrogens (tertiary/aromatic N) is 4. The van der Waals surface area contributed by atoms with Crippen LogP contribution in [-0.2, 0) is 25.6 Å². The molecule has 0 spiro atoms. The number of hydrogen-bond acceptors (Lipinski definition) is 4. The fourth-order valence-corrected chi connectivity index (χ4v) is 6.68. The first kappa shape index (κ1) is 23.7. The lowest BCUT2D eigenvalue weighted by Crippen LogP contribution is -2.47. The molecule has 1 aromatic heterocycles. The summed E-state index contributed by atoms with van der Waals surface area (Å²) in [6, 6.07) is 12.5. The van der Waals surface area contributed by atoms with Gasteiger partial charge in [0, 0.05) is 41.0 Å². The average Bonchev–Trinajstić information content (AvgIpc) is 3.40. The molecule has 6 rings (SSSR count). The van der Waals surface area contributed by atoms with Crippen molar-refractivity contribution in [2.24, 2.45) is 13.0 Å². The molecular formula is C29H34ClN5O. The number of fused-ring (bicyclic) bond motifs is 1. The van der Waals surface area contributed by atoms with Gasteiger partial charge < -0.3 is 14.8 Å². The molecule has 3 aliphatic rings. The van der Waals surface area contributed by atoms with E-state index in [1.807, 2.05) is 34.7 Å². The molecular weight excluding hydrogens is 470 g/mol. The molecule has 1 amide bonds. The Bertz CT molecular complexity index is 1320. The molecule has 0 saturated heterocycles. The highest BCUT2D eigenvalue weighted by Gasteiger charge is 2.49. The Balaban J connectivity index is 1.29. The maximum Gasteiger partial charge on any atom is 0.258 e. The van der Waals surface area contributed by atoms with Crippen LogP contribution in [0, 0.1) is 5.92 Å². The topological polar surface area (TPSA) is 63.1 Å². The van der Waals surface area contributed by atoms with Crippen molar-refractivity contribution in [2.75, 3.05) is 4.90 Å². The van der Waals surface area contributed by atoms with Gasteiger partial charge in [0.05, 0.1) is 12.0 Å². The van der Waals surface area contributed by atoms with Crippen molar-refractivity contribution in [1.29, 1.82) is 0 Å². The summed E-state index contributed by atoms with van der Waals surface area (Å²) in [7, 11) is 2.01. The van der Waals surface area contributed by atoms with E-state index in [2.05, 4.69) is 47.6 Å². The molecule has 6 nitrogen and oxygen atoms in total. The number of carbonyl (C=O) groups is 1. The number of aromatic nitrogens is 3. The molecule has 2 aromatic carbocycles. The molecule has 1 N–H and O–H groups in total. The molecule has 2 fully saturated rings. The molecule has 2 saturated carbocycles. The quantitative estimate of drug-likeness (QED) is 0.444. The second kappa shape index (κ2) is 8.70. The molecule has 0 bridgehead atoms. The number of rotatable bonds is 7. The van der Waals surface area contributed by atoms with Crippen LogP contribution in [-0.4, -0.2) is 26.2 Å². The Morgan fingerprint density at radius 3 is 2.67 bits per heavy atom. The lowest BCUT2D eigenvalue weighted by Gasteiger charge is -2.47. The van der Waals surface area contributed by atoms with Gasteiger partial charge in [0.1, 0.15) is 12.2 Å². The number of benzene rings is 2. The Morgan fingerprint density at radius 1 is 1.19 bits per heavy atom. The number of hydrogen-bond donors (Lipinski definition) is 1. The maximum absolute atomic E-state index is 13.6. The highest BCUT2D eigenvalue weighted by Crippen LogP contribution is 2.53. The van der Waals surface area contributed by atoms with E-state index in [9.17, 15) is 4.79 Å². The third kappa shape index (κ3) is 3.77. The van der Waals surface area contributed by atoms with Gasteiger partial charge in [-0.2, -0.15) is 0 Å². The normalized spacial score (nSPS) is 24.4. The zero-order valence-corrected chi connectivity index (χ0v) is 22.1. The van der Waals surface area contributed by atoms with E-state index in [4.69, 9.17) is 11.6 Å². The largest absolute Gasteiger partial charge is 0.320 e. The molecule has 188 valence electrons. The number of amides is 1. The van der Waals surface area contributed by atoms with Gasteiger partial charge in [-0.3, -0.25) is 4.79 Å². The molecule has 0 radical (unpaired) electrons. The summed E-state index contributed by atoms with van der Waals surface area (Å²) in [4.78, 5) is 15.5. The summed E-state index contributed by atoms with van der Waals surface area (Å²) in [5, 5.41) is 13.0. The third-order valence-corrected chi connectivity index (χ3v) is 9.26. The molecule has 3 aromatic rings. The SMILES string of the molecule is CC[C@H]1C[C@@](c2cccc(N3Cc4c(Cl)cc(CNC5(C)CCC5)cc4C3=O)c2)(c2nncn2C)C1. The van der Waals surface area contributed by atoms with Crippen LogP contribution in [0.2, 0.25) is 5.02 Å². The van der Waals surface area contributed by atoms with Gasteiger partial charge in [-0.1, -0.05) is 37.1 Å². The van der Waals surface area contributed by atoms with Crippen LogP contribution in [0.3, 0.4) is 0 Å². The first-order valence-corrected chi connectivity index (χ1v) is 13.5. The fourth-order valence-electron chi connectivity index (χ4n) is 6.38. The number of halogens is 1. The predicted octanol–water partition coefficient (Wildman–Crippen LogP) is 5.77. The van der Waals surface area contributed by atoms with Crippen LogP contribution >= 0.6 is 11.6 Å². The second-order valence-corrected chi connectivity index (χ2v) is 11.8. The summed E-state index contributed by atoms with van der Waals surface area (Å²) < 4.78 is 2.04. The van der Waals surface area contributed by atoms with Gasteiger partial charge >= 0.3 is 0 Å². The average molecular weight is 504 g/mol. The lowest BCUT2D eigenvalue weighted by molar-refractivity contribution is 0.0996. The van der Waals surface area contributed by atoms with Crippen molar-refractivity contribution in [3.8, 4) is 0 Å². The van der Waals surface area contributed by atoms with Crippen LogP contribution in [0.4, 0.5) is 5.69 Å². The summed E-state index contributed by atoms with van der Waals surface area (Å²) in [5.74, 6) is 1.70. The number of anilines is 1. The molecule has 2 aliphatic carbocycles. The van der Waals surface area contributed by atoms with Crippen molar-refractivity contribution >= 4 is 23.2 Å². The molecule has 2 heterocycles. The number of aryl methyl sites for hydroxylation is 1. The van der Waals surface area contributed by atoms with Gasteiger partial charge in [-0.05, 0) is 80.3 Å². The number of nitrogens with one attached hydrogen (secondary N) is 1. The molecule has 0 atom stereocenters. The third-order valence-electron chi connectivity index (χ3n) is 8.92. The summed E-state index contributed by atoms with van der Waals surface area (Å²) in [5.41, 5.74) is 4.87. The van der Waals surface area contributed by atoms with Gasteiger partial charge in [0.2, 0.25) is 0 Å². The van der Waals surface area contributed by atoms with Crippen molar-refractivity contribution in [2.45, 2.75) is 76.4 Å². The van der Waals surface area contributed by atoms with E-state index in [1.165, 1.54) is 24.8 Å². The van der Waals surface area contributed by atoms with Crippen LogP contribution in [0.5, 0.6) is 0 Å². The first-order valence-electron chi connectivity index (χ1n) is 13.2. The van der Waals surface area contributed by atoms with Gasteiger partial charge in [-0.15, -0.1) is 10.2 Å². The maximum atomic E-state index is 13.6. The highest BCUT2D eigenvalue weighted by atomic mass is 35.5. The minimum Gasteiger partial charge on any atom is -0.320 e. The van der Waals surface area contributed by atoms with E-state index < -0.39 is 0 Å². The zero-order chi connectivity index (χ0) is 25.1. The van der Waals surface area contributed by atoms with E-state index in [0.717, 1.165) is 54.0 Å². The van der Waals surface area contributed by atoms with Crippen LogP contribution < -0.4 is 10.2 Å². The van der Waals surface area contributed by atoms with E-state index >= 15 is 0 Å². The van der Waals surface area contributed by atoms with Crippen LogP contribution in [0.15, 0.2) is 42.7 Å². The standard InChI is InChI=1S/C29H34ClN5O/c1-4-19-14-29(15-19,27-33-32-18-34(27)3)21-7-5-8-22(13-21)35-17-24-23(26(35)36)11-20(12-25(24)30)16-31-28(2)9-6-10-28/h5,7-8,11-13,18-19,31H,4,6,9-10,14-17H2,1-3H3/t19-,29+. The molecule has 0 unspecified atom stereocenters. The van der Waals surface area contributed by atoms with E-state index in [1.54, 1.807) is 6.33 Å². The van der Waals surface area contributed by atoms with Gasteiger partial charge in [0.15, 0.2) is 0 Å². The van der Waals surface area contributed by atoms with Crippen molar-refractivity contribution < 1.29 is 4.79 Å². The Kier molecular flexibility index (Phi) is 5.73. The van der Waals surface area contributed by atoms with Gasteiger partial charge in [-0.25, -0.2) is 0 Å².